The molecule has 9 heterocycles. The summed E-state index contributed by atoms with van der Waals surface area (Å²) in [6, 6.07) is 66.2. The lowest BCUT2D eigenvalue weighted by molar-refractivity contribution is 0.0630. The number of imide groups is 4. The number of ether oxygens (including phenoxy) is 4. The number of hydrogen-bond donors (Lipinski definition) is 2. The molecule has 20 heteroatoms. The van der Waals surface area contributed by atoms with Crippen molar-refractivity contribution in [3.8, 4) is 67.5 Å². The van der Waals surface area contributed by atoms with Crippen LogP contribution in [0.3, 0.4) is 0 Å². The number of rotatable bonds is 24. The van der Waals surface area contributed by atoms with Crippen LogP contribution in [-0.2, 0) is 0 Å². The molecule has 0 unspecified atom stereocenters. The van der Waals surface area contributed by atoms with Crippen molar-refractivity contribution >= 4 is 93.6 Å². The van der Waals surface area contributed by atoms with Crippen molar-refractivity contribution < 1.29 is 57.3 Å². The molecule has 0 fully saturated rings. The van der Waals surface area contributed by atoms with Crippen LogP contribution in [0.25, 0.3) is 90.9 Å². The Morgan fingerprint density at radius 2 is 0.454 bits per heavy atom. The molecule has 530 valence electrons. The summed E-state index contributed by atoms with van der Waals surface area (Å²) >= 11 is 0. The van der Waals surface area contributed by atoms with Gasteiger partial charge in [0.15, 0.2) is 0 Å². The van der Waals surface area contributed by atoms with E-state index in [1.165, 1.54) is 19.6 Å². The Morgan fingerprint density at radius 1 is 0.250 bits per heavy atom. The van der Waals surface area contributed by atoms with E-state index in [-0.39, 0.29) is 99.9 Å². The van der Waals surface area contributed by atoms with Gasteiger partial charge in [0.05, 0.1) is 93.7 Å². The summed E-state index contributed by atoms with van der Waals surface area (Å²) in [5, 5.41) is 0. The summed E-state index contributed by atoms with van der Waals surface area (Å²) in [7, 11) is 0. The first-order valence-corrected chi connectivity index (χ1v) is 35.8. The third kappa shape index (κ3) is 12.6. The van der Waals surface area contributed by atoms with E-state index in [9.17, 15) is 38.4 Å². The summed E-state index contributed by atoms with van der Waals surface area (Å²) in [6.07, 6.45) is 9.45. The largest absolute Gasteiger partial charge is 0.494 e. The first-order valence-electron chi connectivity index (χ1n) is 35.8. The van der Waals surface area contributed by atoms with E-state index < -0.39 is 0 Å². The van der Waals surface area contributed by atoms with Crippen LogP contribution in [0.1, 0.15) is 131 Å². The molecule has 20 nitrogen and oxygen atoms in total. The minimum Gasteiger partial charge on any atom is -0.494 e. The minimum atomic E-state index is -0.328. The van der Waals surface area contributed by atoms with Crippen LogP contribution in [-0.4, -0.2) is 139 Å². The second-order valence-electron chi connectivity index (χ2n) is 26.7. The number of nitrogens with zero attached hydrogens (tertiary/aromatic N) is 6. The number of hydrogen-bond acceptors (Lipinski definition) is 14. The number of benzene rings is 8. The average Bonchev–Trinajstić information content (AvgIpc) is 1.61. The first-order chi connectivity index (χ1) is 52.9. The number of carbonyl (C=O) groups is 8. The third-order valence-electron chi connectivity index (χ3n) is 19.9. The Balaban J connectivity index is 0.761. The minimum absolute atomic E-state index is 0.171. The van der Waals surface area contributed by atoms with Gasteiger partial charge >= 0.3 is 0 Å². The zero-order valence-corrected chi connectivity index (χ0v) is 58.2. The molecule has 0 atom stereocenters. The molecule has 8 aromatic carbocycles. The molecule has 0 aliphatic carbocycles. The van der Waals surface area contributed by atoms with Crippen LogP contribution < -0.4 is 18.9 Å². The summed E-state index contributed by atoms with van der Waals surface area (Å²) in [6.45, 7) is 1.49. The van der Waals surface area contributed by atoms with Crippen LogP contribution in [0.4, 0.5) is 0 Å². The highest BCUT2D eigenvalue weighted by atomic mass is 16.5. The maximum Gasteiger partial charge on any atom is 0.261 e. The van der Waals surface area contributed by atoms with E-state index in [1.54, 1.807) is 97.1 Å². The van der Waals surface area contributed by atoms with Gasteiger partial charge in [0.25, 0.3) is 47.3 Å². The van der Waals surface area contributed by atoms with Gasteiger partial charge in [0.2, 0.25) is 0 Å². The summed E-state index contributed by atoms with van der Waals surface area (Å²) in [5.74, 6) is -0.441. The van der Waals surface area contributed by atoms with Crippen molar-refractivity contribution in [2.24, 2.45) is 0 Å². The molecular formula is C88H66N8O12. The highest BCUT2D eigenvalue weighted by Crippen LogP contribution is 2.41. The van der Waals surface area contributed by atoms with E-state index >= 15 is 0 Å². The predicted molar refractivity (Wildman–Crippen MR) is 408 cm³/mol. The highest BCUT2D eigenvalue weighted by Gasteiger charge is 2.38. The molecule has 108 heavy (non-hydrogen) atoms. The van der Waals surface area contributed by atoms with Crippen LogP contribution in [0.2, 0.25) is 0 Å². The molecule has 11 aromatic rings. The molecule has 3 aromatic heterocycles. The van der Waals surface area contributed by atoms with E-state index in [2.05, 4.69) is 9.97 Å². The number of fused-ring (bicyclic) bond motifs is 12. The summed E-state index contributed by atoms with van der Waals surface area (Å²) < 4.78 is 25.8. The molecule has 0 saturated heterocycles. The van der Waals surface area contributed by atoms with Crippen molar-refractivity contribution in [3.63, 3.8) is 0 Å². The lowest BCUT2D eigenvalue weighted by Gasteiger charge is -2.14. The third-order valence-corrected chi connectivity index (χ3v) is 19.9. The predicted octanol–water partition coefficient (Wildman–Crippen LogP) is 15.6. The van der Waals surface area contributed by atoms with Crippen molar-refractivity contribution in [1.82, 2.24) is 39.5 Å². The lowest BCUT2D eigenvalue weighted by Crippen LogP contribution is -2.31. The van der Waals surface area contributed by atoms with Gasteiger partial charge in [-0.15, -0.1) is 0 Å². The molecular weight excluding hydrogens is 1360 g/mol. The molecule has 0 radical (unpaired) electrons. The van der Waals surface area contributed by atoms with Crippen LogP contribution in [0.5, 0.6) is 23.0 Å². The number of aromatic nitrogens is 4. The average molecular weight is 1430 g/mol. The lowest BCUT2D eigenvalue weighted by atomic mass is 10.0. The van der Waals surface area contributed by atoms with Gasteiger partial charge in [-0.2, -0.15) is 0 Å². The molecule has 8 bridgehead atoms. The second kappa shape index (κ2) is 28.6. The second-order valence-corrected chi connectivity index (χ2v) is 26.7. The van der Waals surface area contributed by atoms with Crippen LogP contribution in [0, 0.1) is 0 Å². The van der Waals surface area contributed by atoms with E-state index in [4.69, 9.17) is 28.9 Å². The van der Waals surface area contributed by atoms with Crippen molar-refractivity contribution in [1.29, 1.82) is 0 Å². The van der Waals surface area contributed by atoms with E-state index in [0.29, 0.717) is 138 Å². The molecule has 0 saturated carbocycles. The zero-order chi connectivity index (χ0) is 73.5. The van der Waals surface area contributed by atoms with E-state index in [1.807, 2.05) is 146 Å². The Hall–Kier alpha value is -13.9. The van der Waals surface area contributed by atoms with Gasteiger partial charge in [0.1, 0.15) is 23.0 Å². The van der Waals surface area contributed by atoms with Crippen molar-refractivity contribution in [3.05, 3.63) is 286 Å². The number of aromatic amines is 2. The maximum absolute atomic E-state index is 13.3. The zero-order valence-electron chi connectivity index (χ0n) is 58.2. The molecule has 8 amide bonds. The molecule has 0 spiro atoms. The monoisotopic (exact) mass is 1430 g/mol. The van der Waals surface area contributed by atoms with Crippen LogP contribution in [0.15, 0.2) is 218 Å². The Labute approximate surface area is 618 Å². The van der Waals surface area contributed by atoms with Gasteiger partial charge < -0.3 is 28.9 Å². The van der Waals surface area contributed by atoms with Gasteiger partial charge in [-0.05, 0) is 194 Å². The van der Waals surface area contributed by atoms with Gasteiger partial charge in [0, 0.05) is 70.5 Å². The van der Waals surface area contributed by atoms with Crippen molar-refractivity contribution in [2.45, 2.75) is 25.7 Å². The smallest absolute Gasteiger partial charge is 0.261 e. The molecule has 6 aliphatic rings. The Morgan fingerprint density at radius 3 is 0.657 bits per heavy atom. The molecule has 17 rings (SSSR count). The number of nitrogens with one attached hydrogen (secondary N) is 2. The highest BCUT2D eigenvalue weighted by molar-refractivity contribution is 6.23. The standard InChI is InChI=1S/C88H66N8O12/c97-81-61-25-1-2-26-62(61)82(98)93(81)41-13-45-105-57-21-9-17-53(49-57)77-69-33-35-71(89-69)78(54-18-10-22-58(50-54)106-46-14-42-94-83(99)63-27-3-4-28-64(63)84(94)100)73-37-39-75(91-73)80(56-20-12-24-60(52-56)108-48-16-44-96-87(103)67-31-7-8-32-68(67)88(96)104)76-40-38-74(92-76)79(72-36-34-70(77)90-72)55-19-11-23-59(51-55)107-47-15-43-95-85(101)65-29-5-6-30-66(65)86(95)102/h1-12,17-40,49-52,89,92H,13-16,41-48H2. The number of carbonyl (C=O) groups excluding carboxylic acids is 8. The fourth-order valence-electron chi connectivity index (χ4n) is 14.8. The molecule has 6 aliphatic heterocycles. The fourth-order valence-corrected chi connectivity index (χ4v) is 14.8. The van der Waals surface area contributed by atoms with E-state index in [0.717, 1.165) is 44.5 Å². The Bertz CT molecular complexity index is 5030. The fraction of sp³-hybridized carbons (Fsp3) is 0.136. The number of amides is 8. The summed E-state index contributed by atoms with van der Waals surface area (Å²) in [4.78, 5) is 130. The Kier molecular flexibility index (Phi) is 17.8. The normalized spacial score (nSPS) is 14.0. The summed E-state index contributed by atoms with van der Waals surface area (Å²) in [5.41, 5.74) is 14.3. The van der Waals surface area contributed by atoms with Crippen molar-refractivity contribution in [2.75, 3.05) is 52.6 Å². The van der Waals surface area contributed by atoms with Crippen LogP contribution >= 0.6 is 0 Å². The first kappa shape index (κ1) is 67.3. The van der Waals surface area contributed by atoms with Gasteiger partial charge in [-0.3, -0.25) is 58.0 Å². The number of H-pyrrole nitrogens is 2. The van der Waals surface area contributed by atoms with Gasteiger partial charge in [-0.25, -0.2) is 9.97 Å². The quantitative estimate of drug-likeness (QED) is 0.0422. The molecule has 2 N–H and O–H groups in total. The SMILES string of the molecule is O=C1c2ccccc2C(=O)N1CCCOc1cccc(-c2c3nc(c(-c4cccc(OCCCN5C(=O)c6ccccc6C5=O)c4)c4ccc([nH]4)c(-c4cccc(OCCCN5C(=O)c6ccccc6C5=O)c4)c4nc(c(-c5cccc(OCCCN6C(=O)c7ccccc7C6=O)c5)c5ccc2[nH]5)C=C4)C=C3)c1. The van der Waals surface area contributed by atoms with Gasteiger partial charge in [-0.1, -0.05) is 97.1 Å². The topological polar surface area (TPSA) is 244 Å². The maximum atomic E-state index is 13.3.